The molecule has 4 rings (SSSR count). The fraction of sp³-hybridized carbons (Fsp3) is 0.263. The molecule has 1 atom stereocenters. The number of aromatic nitrogens is 4. The van der Waals surface area contributed by atoms with Crippen LogP contribution in [0.2, 0.25) is 0 Å². The second-order valence-electron chi connectivity index (χ2n) is 6.65. The Balaban J connectivity index is 1.62. The molecule has 1 amide bonds. The van der Waals surface area contributed by atoms with Crippen molar-refractivity contribution >= 4 is 5.91 Å². The lowest BCUT2D eigenvalue weighted by molar-refractivity contribution is 0.0931. The molecule has 0 unspecified atom stereocenters. The number of H-pyrrole nitrogens is 2. The molecule has 2 heterocycles. The van der Waals surface area contributed by atoms with E-state index in [1.807, 2.05) is 0 Å². The van der Waals surface area contributed by atoms with Gasteiger partial charge in [0.05, 0.1) is 11.7 Å². The second kappa shape index (κ2) is 7.14. The summed E-state index contributed by atoms with van der Waals surface area (Å²) in [5, 5.41) is 9.29. The number of rotatable bonds is 6. The quantitative estimate of drug-likeness (QED) is 0.621. The molecule has 138 valence electrons. The summed E-state index contributed by atoms with van der Waals surface area (Å²) in [7, 11) is 0. The van der Waals surface area contributed by atoms with Crippen molar-refractivity contribution in [1.29, 1.82) is 0 Å². The van der Waals surface area contributed by atoms with Gasteiger partial charge in [0.1, 0.15) is 17.3 Å². The van der Waals surface area contributed by atoms with E-state index in [-0.39, 0.29) is 17.3 Å². The fourth-order valence-electron chi connectivity index (χ4n) is 2.96. The van der Waals surface area contributed by atoms with E-state index < -0.39 is 6.04 Å². The Labute approximate surface area is 154 Å². The lowest BCUT2D eigenvalue weighted by Crippen LogP contribution is -2.31. The van der Waals surface area contributed by atoms with Crippen molar-refractivity contribution in [3.05, 3.63) is 81.5 Å². The van der Waals surface area contributed by atoms with Gasteiger partial charge >= 0.3 is 0 Å². The van der Waals surface area contributed by atoms with Gasteiger partial charge in [0.2, 0.25) is 0 Å². The minimum atomic E-state index is -0.470. The predicted octanol–water partition coefficient (Wildman–Crippen LogP) is 2.22. The Hall–Kier alpha value is -3.29. The summed E-state index contributed by atoms with van der Waals surface area (Å²) >= 11 is 0. The zero-order valence-corrected chi connectivity index (χ0v) is 14.4. The summed E-state index contributed by atoms with van der Waals surface area (Å²) in [5.74, 6) is 0.300. The van der Waals surface area contributed by atoms with Crippen molar-refractivity contribution in [1.82, 2.24) is 25.5 Å². The Morgan fingerprint density at radius 1 is 1.26 bits per heavy atom. The SMILES string of the molecule is O=C(N[C@@H](Cc1cc(=O)[nH]c(C2CC2)n1)c1ccc(F)cc1)c1ccn[nH]1. The van der Waals surface area contributed by atoms with Gasteiger partial charge in [0, 0.05) is 24.6 Å². The molecule has 1 aliphatic carbocycles. The first kappa shape index (κ1) is 17.1. The van der Waals surface area contributed by atoms with Crippen LogP contribution < -0.4 is 10.9 Å². The molecule has 1 aromatic carbocycles. The Morgan fingerprint density at radius 2 is 2.04 bits per heavy atom. The molecular formula is C19H18FN5O2. The zero-order chi connectivity index (χ0) is 18.8. The number of nitrogens with one attached hydrogen (secondary N) is 3. The maximum absolute atomic E-state index is 13.3. The number of benzene rings is 1. The van der Waals surface area contributed by atoms with Gasteiger partial charge in [0.25, 0.3) is 11.5 Å². The normalized spacial score (nSPS) is 14.7. The summed E-state index contributed by atoms with van der Waals surface area (Å²) in [6.07, 6.45) is 3.84. The summed E-state index contributed by atoms with van der Waals surface area (Å²) < 4.78 is 13.3. The average Bonchev–Trinajstić information content (AvgIpc) is 3.35. The number of hydrogen-bond donors (Lipinski definition) is 3. The molecule has 3 aromatic rings. The third-order valence-electron chi connectivity index (χ3n) is 4.51. The first-order chi connectivity index (χ1) is 13.1. The summed E-state index contributed by atoms with van der Waals surface area (Å²) in [5.41, 5.74) is 1.42. The molecule has 1 fully saturated rings. The molecule has 1 aliphatic rings. The van der Waals surface area contributed by atoms with Crippen molar-refractivity contribution in [2.45, 2.75) is 31.2 Å². The highest BCUT2D eigenvalue weighted by molar-refractivity contribution is 5.92. The van der Waals surface area contributed by atoms with Gasteiger partial charge < -0.3 is 10.3 Å². The van der Waals surface area contributed by atoms with E-state index in [1.165, 1.54) is 24.4 Å². The zero-order valence-electron chi connectivity index (χ0n) is 14.4. The van der Waals surface area contributed by atoms with Crippen LogP contribution in [0.4, 0.5) is 4.39 Å². The monoisotopic (exact) mass is 367 g/mol. The van der Waals surface area contributed by atoms with Crippen LogP contribution >= 0.6 is 0 Å². The van der Waals surface area contributed by atoms with Crippen LogP contribution in [0, 0.1) is 5.82 Å². The van der Waals surface area contributed by atoms with E-state index in [4.69, 9.17) is 0 Å². The highest BCUT2D eigenvalue weighted by Crippen LogP contribution is 2.37. The lowest BCUT2D eigenvalue weighted by atomic mass is 10.0. The standard InChI is InChI=1S/C19H18FN5O2/c20-13-5-3-11(4-6-13)16(23-19(27)15-7-8-21-25-15)9-14-10-17(26)24-18(22-14)12-1-2-12/h3-8,10,12,16H,1-2,9H2,(H,21,25)(H,23,27)(H,22,24,26)/t16-/m0/s1. The number of aromatic amines is 2. The van der Waals surface area contributed by atoms with Gasteiger partial charge in [-0.15, -0.1) is 0 Å². The van der Waals surface area contributed by atoms with Crippen LogP contribution in [0.5, 0.6) is 0 Å². The topological polar surface area (TPSA) is 104 Å². The van der Waals surface area contributed by atoms with Gasteiger partial charge in [-0.2, -0.15) is 5.10 Å². The Bertz CT molecular complexity index is 994. The van der Waals surface area contributed by atoms with E-state index in [9.17, 15) is 14.0 Å². The van der Waals surface area contributed by atoms with Crippen LogP contribution in [0.1, 0.15) is 52.4 Å². The first-order valence-electron chi connectivity index (χ1n) is 8.74. The van der Waals surface area contributed by atoms with Crippen LogP contribution in [-0.4, -0.2) is 26.1 Å². The molecule has 2 aromatic heterocycles. The molecule has 7 nitrogen and oxygen atoms in total. The number of carbonyl (C=O) groups is 1. The van der Waals surface area contributed by atoms with Crippen LogP contribution in [0.25, 0.3) is 0 Å². The molecule has 27 heavy (non-hydrogen) atoms. The molecule has 0 spiro atoms. The first-order valence-corrected chi connectivity index (χ1v) is 8.74. The lowest BCUT2D eigenvalue weighted by Gasteiger charge is -2.19. The van der Waals surface area contributed by atoms with E-state index >= 15 is 0 Å². The molecule has 0 aliphatic heterocycles. The Morgan fingerprint density at radius 3 is 2.70 bits per heavy atom. The fourth-order valence-corrected chi connectivity index (χ4v) is 2.96. The molecule has 3 N–H and O–H groups in total. The summed E-state index contributed by atoms with van der Waals surface area (Å²) in [6, 6.07) is 8.43. The number of halogens is 1. The van der Waals surface area contributed by atoms with Crippen LogP contribution in [0.15, 0.2) is 47.4 Å². The molecule has 1 saturated carbocycles. The third-order valence-corrected chi connectivity index (χ3v) is 4.51. The van der Waals surface area contributed by atoms with E-state index in [1.54, 1.807) is 18.2 Å². The third kappa shape index (κ3) is 4.11. The molecule has 0 bridgehead atoms. The van der Waals surface area contributed by atoms with Gasteiger partial charge in [-0.05, 0) is 36.6 Å². The highest BCUT2D eigenvalue weighted by atomic mass is 19.1. The average molecular weight is 367 g/mol. The number of amides is 1. The molecule has 8 heteroatoms. The minimum absolute atomic E-state index is 0.209. The maximum Gasteiger partial charge on any atom is 0.269 e. The van der Waals surface area contributed by atoms with Crippen molar-refractivity contribution in [2.75, 3.05) is 0 Å². The summed E-state index contributed by atoms with van der Waals surface area (Å²) in [4.78, 5) is 31.7. The van der Waals surface area contributed by atoms with Gasteiger partial charge in [0.15, 0.2) is 0 Å². The number of hydrogen-bond acceptors (Lipinski definition) is 4. The minimum Gasteiger partial charge on any atom is -0.344 e. The second-order valence-corrected chi connectivity index (χ2v) is 6.65. The van der Waals surface area contributed by atoms with Crippen molar-refractivity contribution in [3.8, 4) is 0 Å². The maximum atomic E-state index is 13.3. The van der Waals surface area contributed by atoms with Crippen molar-refractivity contribution in [3.63, 3.8) is 0 Å². The van der Waals surface area contributed by atoms with Gasteiger partial charge in [-0.1, -0.05) is 12.1 Å². The van der Waals surface area contributed by atoms with Crippen molar-refractivity contribution in [2.24, 2.45) is 0 Å². The van der Waals surface area contributed by atoms with Crippen molar-refractivity contribution < 1.29 is 9.18 Å². The van der Waals surface area contributed by atoms with Gasteiger partial charge in [-0.25, -0.2) is 9.37 Å². The van der Waals surface area contributed by atoms with Gasteiger partial charge in [-0.3, -0.25) is 14.7 Å². The molecule has 0 radical (unpaired) electrons. The van der Waals surface area contributed by atoms with E-state index in [0.717, 1.165) is 18.4 Å². The highest BCUT2D eigenvalue weighted by Gasteiger charge is 2.27. The van der Waals surface area contributed by atoms with E-state index in [0.29, 0.717) is 29.6 Å². The predicted molar refractivity (Wildman–Crippen MR) is 95.7 cm³/mol. The smallest absolute Gasteiger partial charge is 0.269 e. The molecular weight excluding hydrogens is 349 g/mol. The Kier molecular flexibility index (Phi) is 4.53. The van der Waals surface area contributed by atoms with E-state index in [2.05, 4.69) is 25.5 Å². The number of nitrogens with zero attached hydrogens (tertiary/aromatic N) is 2. The number of carbonyl (C=O) groups excluding carboxylic acids is 1. The molecule has 0 saturated heterocycles. The largest absolute Gasteiger partial charge is 0.344 e. The summed E-state index contributed by atoms with van der Waals surface area (Å²) in [6.45, 7) is 0. The van der Waals surface area contributed by atoms with Crippen LogP contribution in [0.3, 0.4) is 0 Å². The van der Waals surface area contributed by atoms with Crippen LogP contribution in [-0.2, 0) is 6.42 Å².